The molecule has 1 N–H and O–H groups in total. The molecule has 3 rings (SSSR count). The number of ether oxygens (including phenoxy) is 1. The molecule has 0 unspecified atom stereocenters. The molecule has 2 aromatic carbocycles. The third-order valence-corrected chi connectivity index (χ3v) is 4.24. The summed E-state index contributed by atoms with van der Waals surface area (Å²) in [6, 6.07) is 15.9. The van der Waals surface area contributed by atoms with Crippen LogP contribution in [0.15, 0.2) is 58.7 Å². The van der Waals surface area contributed by atoms with E-state index in [1.54, 1.807) is 6.21 Å². The van der Waals surface area contributed by atoms with E-state index in [1.165, 1.54) is 11.8 Å². The first kappa shape index (κ1) is 16.3. The first-order valence-corrected chi connectivity index (χ1v) is 8.50. The summed E-state index contributed by atoms with van der Waals surface area (Å²) in [6.07, 6.45) is 1.66. The minimum atomic E-state index is -0.0373. The Bertz CT molecular complexity index is 788. The van der Waals surface area contributed by atoms with Crippen LogP contribution < -0.4 is 10.1 Å². The average molecular weight is 339 g/mol. The van der Waals surface area contributed by atoms with Gasteiger partial charge in [-0.1, -0.05) is 42.1 Å². The lowest BCUT2D eigenvalue weighted by Gasteiger charge is -2.09. The molecule has 24 heavy (non-hydrogen) atoms. The normalized spacial score (nSPS) is 15.9. The SMILES string of the molecule is Cc1cc(C=NN=C2NC(=O)CS2)ccc1OCc1ccccc1. The summed E-state index contributed by atoms with van der Waals surface area (Å²) in [4.78, 5) is 11.1. The molecule has 1 fully saturated rings. The van der Waals surface area contributed by atoms with Gasteiger partial charge in [0.15, 0.2) is 5.17 Å². The summed E-state index contributed by atoms with van der Waals surface area (Å²) in [5.74, 6) is 1.21. The van der Waals surface area contributed by atoms with Gasteiger partial charge < -0.3 is 10.1 Å². The number of nitrogens with one attached hydrogen (secondary N) is 1. The Labute approximate surface area is 144 Å². The van der Waals surface area contributed by atoms with E-state index < -0.39 is 0 Å². The monoisotopic (exact) mass is 339 g/mol. The number of nitrogens with zero attached hydrogens (tertiary/aromatic N) is 2. The lowest BCUT2D eigenvalue weighted by molar-refractivity contribution is -0.116. The summed E-state index contributed by atoms with van der Waals surface area (Å²) in [6.45, 7) is 2.54. The Morgan fingerprint density at radius 3 is 2.79 bits per heavy atom. The van der Waals surface area contributed by atoms with E-state index in [9.17, 15) is 4.79 Å². The molecule has 0 bridgehead atoms. The van der Waals surface area contributed by atoms with Crippen molar-refractivity contribution >= 4 is 29.1 Å². The summed E-state index contributed by atoms with van der Waals surface area (Å²) in [5, 5.41) is 11.2. The zero-order valence-corrected chi connectivity index (χ0v) is 14.0. The second-order valence-corrected chi connectivity index (χ2v) is 6.25. The van der Waals surface area contributed by atoms with Crippen LogP contribution in [0.5, 0.6) is 5.75 Å². The number of hydrogen-bond donors (Lipinski definition) is 1. The number of amidine groups is 1. The summed E-state index contributed by atoms with van der Waals surface area (Å²) in [5.41, 5.74) is 3.10. The van der Waals surface area contributed by atoms with Crippen molar-refractivity contribution in [3.05, 3.63) is 65.2 Å². The molecule has 2 aromatic rings. The fraction of sp³-hybridized carbons (Fsp3) is 0.167. The Morgan fingerprint density at radius 1 is 1.25 bits per heavy atom. The van der Waals surface area contributed by atoms with Crippen molar-refractivity contribution in [2.75, 3.05) is 5.75 Å². The molecule has 6 heteroatoms. The first-order valence-electron chi connectivity index (χ1n) is 7.52. The number of rotatable bonds is 5. The molecule has 1 heterocycles. The fourth-order valence-electron chi connectivity index (χ4n) is 2.18. The predicted octanol–water partition coefficient (Wildman–Crippen LogP) is 3.13. The van der Waals surface area contributed by atoms with Crippen LogP contribution in [0.2, 0.25) is 0 Å². The summed E-state index contributed by atoms with van der Waals surface area (Å²) >= 11 is 1.35. The predicted molar refractivity (Wildman–Crippen MR) is 97.6 cm³/mol. The molecule has 1 aliphatic heterocycles. The Hall–Kier alpha value is -2.60. The lowest BCUT2D eigenvalue weighted by Crippen LogP contribution is -2.19. The van der Waals surface area contributed by atoms with Gasteiger partial charge in [0.2, 0.25) is 5.91 Å². The van der Waals surface area contributed by atoms with Gasteiger partial charge in [0, 0.05) is 0 Å². The highest BCUT2D eigenvalue weighted by Crippen LogP contribution is 2.20. The standard InChI is InChI=1S/C18H17N3O2S/c1-13-9-15(10-19-21-18-20-17(22)12-24-18)7-8-16(13)23-11-14-5-3-2-4-6-14/h2-10H,11-12H2,1H3,(H,20,21,22). The van der Waals surface area contributed by atoms with Crippen LogP contribution in [0.3, 0.4) is 0 Å². The third kappa shape index (κ3) is 4.45. The highest BCUT2D eigenvalue weighted by Gasteiger charge is 2.15. The van der Waals surface area contributed by atoms with Crippen molar-refractivity contribution < 1.29 is 9.53 Å². The zero-order chi connectivity index (χ0) is 16.8. The van der Waals surface area contributed by atoms with Crippen molar-refractivity contribution in [2.24, 2.45) is 10.2 Å². The molecule has 0 saturated carbocycles. The van der Waals surface area contributed by atoms with Gasteiger partial charge in [0.25, 0.3) is 0 Å². The number of aryl methyl sites for hydroxylation is 1. The smallest absolute Gasteiger partial charge is 0.236 e. The molecule has 0 spiro atoms. The molecule has 122 valence electrons. The second kappa shape index (κ2) is 7.79. The van der Waals surface area contributed by atoms with E-state index >= 15 is 0 Å². The molecule has 5 nitrogen and oxygen atoms in total. The largest absolute Gasteiger partial charge is 0.489 e. The number of thioether (sulfide) groups is 1. The minimum absolute atomic E-state index is 0.0373. The zero-order valence-electron chi connectivity index (χ0n) is 13.2. The van der Waals surface area contributed by atoms with Gasteiger partial charge in [0.1, 0.15) is 12.4 Å². The molecular formula is C18H17N3O2S. The number of carbonyl (C=O) groups is 1. The van der Waals surface area contributed by atoms with Crippen molar-refractivity contribution in [3.63, 3.8) is 0 Å². The number of hydrogen-bond acceptors (Lipinski definition) is 5. The van der Waals surface area contributed by atoms with Crippen molar-refractivity contribution in [2.45, 2.75) is 13.5 Å². The maximum absolute atomic E-state index is 11.1. The van der Waals surface area contributed by atoms with E-state index in [2.05, 4.69) is 15.5 Å². The van der Waals surface area contributed by atoms with Gasteiger partial charge in [-0.3, -0.25) is 4.79 Å². The fourth-order valence-corrected chi connectivity index (χ4v) is 2.81. The van der Waals surface area contributed by atoms with Crippen molar-refractivity contribution in [3.8, 4) is 5.75 Å². The number of amides is 1. The molecule has 0 radical (unpaired) electrons. The van der Waals surface area contributed by atoms with Crippen LogP contribution in [0, 0.1) is 6.92 Å². The maximum atomic E-state index is 11.1. The van der Waals surface area contributed by atoms with Crippen LogP contribution in [0.1, 0.15) is 16.7 Å². The van der Waals surface area contributed by atoms with E-state index in [1.807, 2.05) is 55.5 Å². The maximum Gasteiger partial charge on any atom is 0.236 e. The molecule has 0 aliphatic carbocycles. The molecule has 1 aliphatic rings. The van der Waals surface area contributed by atoms with E-state index in [0.717, 1.165) is 22.4 Å². The number of benzene rings is 2. The second-order valence-electron chi connectivity index (χ2n) is 5.29. The van der Waals surface area contributed by atoms with Crippen LogP contribution >= 0.6 is 11.8 Å². The highest BCUT2D eigenvalue weighted by molar-refractivity contribution is 8.15. The van der Waals surface area contributed by atoms with Crippen LogP contribution in [-0.2, 0) is 11.4 Å². The lowest BCUT2D eigenvalue weighted by atomic mass is 10.1. The number of carbonyl (C=O) groups excluding carboxylic acids is 1. The third-order valence-electron chi connectivity index (χ3n) is 3.38. The van der Waals surface area contributed by atoms with E-state index in [0.29, 0.717) is 17.5 Å². The molecule has 1 saturated heterocycles. The van der Waals surface area contributed by atoms with Gasteiger partial charge in [-0.05, 0) is 41.8 Å². The molecule has 1 amide bonds. The van der Waals surface area contributed by atoms with E-state index in [4.69, 9.17) is 4.74 Å². The van der Waals surface area contributed by atoms with Gasteiger partial charge >= 0.3 is 0 Å². The summed E-state index contributed by atoms with van der Waals surface area (Å²) < 4.78 is 5.85. The molecular weight excluding hydrogens is 322 g/mol. The Balaban J connectivity index is 1.61. The van der Waals surface area contributed by atoms with Crippen LogP contribution in [0.4, 0.5) is 0 Å². The van der Waals surface area contributed by atoms with Gasteiger partial charge in [0.05, 0.1) is 12.0 Å². The van der Waals surface area contributed by atoms with Crippen molar-refractivity contribution in [1.82, 2.24) is 5.32 Å². The van der Waals surface area contributed by atoms with Gasteiger partial charge in [-0.15, -0.1) is 5.10 Å². The minimum Gasteiger partial charge on any atom is -0.489 e. The van der Waals surface area contributed by atoms with Crippen LogP contribution in [-0.4, -0.2) is 23.0 Å². The molecule has 0 atom stereocenters. The topological polar surface area (TPSA) is 63.0 Å². The first-order chi connectivity index (χ1) is 11.7. The van der Waals surface area contributed by atoms with E-state index in [-0.39, 0.29) is 5.91 Å². The van der Waals surface area contributed by atoms with Crippen molar-refractivity contribution in [1.29, 1.82) is 0 Å². The Morgan fingerprint density at radius 2 is 2.08 bits per heavy atom. The van der Waals surface area contributed by atoms with Crippen LogP contribution in [0.25, 0.3) is 0 Å². The highest BCUT2D eigenvalue weighted by atomic mass is 32.2. The quantitative estimate of drug-likeness (QED) is 0.672. The van der Waals surface area contributed by atoms with Gasteiger partial charge in [-0.25, -0.2) is 0 Å². The summed E-state index contributed by atoms with van der Waals surface area (Å²) in [7, 11) is 0. The molecule has 0 aromatic heterocycles. The Kier molecular flexibility index (Phi) is 5.28. The van der Waals surface area contributed by atoms with Gasteiger partial charge in [-0.2, -0.15) is 5.10 Å². The average Bonchev–Trinajstić information content (AvgIpc) is 3.00.